The molecule has 0 aromatic heterocycles. The van der Waals surface area contributed by atoms with Gasteiger partial charge in [-0.2, -0.15) is 0 Å². The van der Waals surface area contributed by atoms with Crippen molar-refractivity contribution >= 4 is 39.1 Å². The lowest BCUT2D eigenvalue weighted by Crippen LogP contribution is -2.54. The van der Waals surface area contributed by atoms with Crippen LogP contribution >= 0.6 is 11.6 Å². The molecule has 0 fully saturated rings. The zero-order valence-corrected chi connectivity index (χ0v) is 28.3. The minimum Gasteiger partial charge on any atom is -0.352 e. The normalized spacial score (nSPS) is 12.7. The highest BCUT2D eigenvalue weighted by Gasteiger charge is 2.35. The lowest BCUT2D eigenvalue weighted by atomic mass is 10.0. The van der Waals surface area contributed by atoms with E-state index in [1.54, 1.807) is 48.5 Å². The van der Waals surface area contributed by atoms with Gasteiger partial charge < -0.3 is 10.2 Å². The predicted molar refractivity (Wildman–Crippen MR) is 185 cm³/mol. The summed E-state index contributed by atoms with van der Waals surface area (Å²) in [7, 11) is -4.16. The van der Waals surface area contributed by atoms with Crippen molar-refractivity contribution in [2.24, 2.45) is 0 Å². The van der Waals surface area contributed by atoms with Crippen LogP contribution in [0.1, 0.15) is 56.7 Å². The molecule has 4 rings (SSSR count). The number of amides is 2. The van der Waals surface area contributed by atoms with Gasteiger partial charge in [-0.3, -0.25) is 13.9 Å². The Labute approximate surface area is 278 Å². The molecule has 0 saturated heterocycles. The molecule has 0 heterocycles. The molecular formula is C37H42ClN3O4S. The number of sulfonamides is 1. The lowest BCUT2D eigenvalue weighted by Gasteiger charge is -2.34. The van der Waals surface area contributed by atoms with E-state index in [1.165, 1.54) is 17.0 Å². The summed E-state index contributed by atoms with van der Waals surface area (Å²) in [5, 5.41) is 3.54. The van der Waals surface area contributed by atoms with Crippen LogP contribution in [-0.4, -0.2) is 43.8 Å². The van der Waals surface area contributed by atoms with Gasteiger partial charge in [0, 0.05) is 24.0 Å². The molecule has 0 aliphatic heterocycles. The summed E-state index contributed by atoms with van der Waals surface area (Å²) in [6, 6.07) is 30.8. The Bertz CT molecular complexity index is 1700. The number of nitrogens with zero attached hydrogens (tertiary/aromatic N) is 2. The molecule has 4 aromatic carbocycles. The number of hydrogen-bond acceptors (Lipinski definition) is 4. The van der Waals surface area contributed by atoms with Crippen molar-refractivity contribution in [2.45, 2.75) is 70.0 Å². The smallest absolute Gasteiger partial charge is 0.264 e. The molecule has 46 heavy (non-hydrogen) atoms. The lowest BCUT2D eigenvalue weighted by molar-refractivity contribution is -0.140. The zero-order valence-electron chi connectivity index (χ0n) is 26.8. The van der Waals surface area contributed by atoms with Gasteiger partial charge in [0.25, 0.3) is 10.0 Å². The number of hydrogen-bond donors (Lipinski definition) is 1. The van der Waals surface area contributed by atoms with Crippen LogP contribution in [0.2, 0.25) is 5.02 Å². The van der Waals surface area contributed by atoms with Crippen molar-refractivity contribution in [3.05, 3.63) is 131 Å². The monoisotopic (exact) mass is 659 g/mol. The van der Waals surface area contributed by atoms with E-state index < -0.39 is 28.5 Å². The van der Waals surface area contributed by atoms with Gasteiger partial charge in [0.05, 0.1) is 10.6 Å². The molecule has 0 aliphatic carbocycles. The number of carbonyl (C=O) groups is 2. The average Bonchev–Trinajstić information content (AvgIpc) is 3.05. The molecule has 0 aliphatic rings. The quantitative estimate of drug-likeness (QED) is 0.155. The fourth-order valence-electron chi connectivity index (χ4n) is 5.10. The highest BCUT2D eigenvalue weighted by Crippen LogP contribution is 2.27. The first-order valence-electron chi connectivity index (χ1n) is 15.6. The van der Waals surface area contributed by atoms with E-state index in [0.29, 0.717) is 22.7 Å². The van der Waals surface area contributed by atoms with E-state index in [4.69, 9.17) is 11.6 Å². The molecule has 242 valence electrons. The standard InChI is InChI=1S/C37H42ClN3O4S/c1-5-28(4)39-37(43)35(24-29-13-8-6-9-14-29)40(25-30-15-12-16-32(38)23-30)36(42)26-41(33-21-19-31(20-22-33)27(2)3)46(44,45)34-17-10-7-11-18-34/h6-23,27-28,35H,5,24-26H2,1-4H3,(H,39,43). The van der Waals surface area contributed by atoms with Gasteiger partial charge in [-0.1, -0.05) is 105 Å². The van der Waals surface area contributed by atoms with E-state index >= 15 is 0 Å². The molecule has 7 nitrogen and oxygen atoms in total. The number of carbonyl (C=O) groups excluding carboxylic acids is 2. The van der Waals surface area contributed by atoms with Crippen LogP contribution < -0.4 is 9.62 Å². The fourth-order valence-corrected chi connectivity index (χ4v) is 6.75. The fraction of sp³-hybridized carbons (Fsp3) is 0.297. The van der Waals surface area contributed by atoms with Gasteiger partial charge in [-0.15, -0.1) is 0 Å². The Morgan fingerprint density at radius 2 is 1.41 bits per heavy atom. The zero-order chi connectivity index (χ0) is 33.3. The molecular weight excluding hydrogens is 618 g/mol. The Morgan fingerprint density at radius 1 is 0.804 bits per heavy atom. The van der Waals surface area contributed by atoms with Gasteiger partial charge in [0.2, 0.25) is 11.8 Å². The Balaban J connectivity index is 1.81. The van der Waals surface area contributed by atoms with E-state index in [-0.39, 0.29) is 35.7 Å². The first-order chi connectivity index (χ1) is 22.0. The summed E-state index contributed by atoms with van der Waals surface area (Å²) in [4.78, 5) is 30.0. The highest BCUT2D eigenvalue weighted by atomic mass is 35.5. The maximum Gasteiger partial charge on any atom is 0.264 e. The van der Waals surface area contributed by atoms with Crippen LogP contribution in [0.15, 0.2) is 114 Å². The number of nitrogens with one attached hydrogen (secondary N) is 1. The second-order valence-electron chi connectivity index (χ2n) is 11.7. The summed E-state index contributed by atoms with van der Waals surface area (Å²) in [6.45, 7) is 7.54. The Kier molecular flexibility index (Phi) is 12.0. The van der Waals surface area contributed by atoms with E-state index in [9.17, 15) is 18.0 Å². The van der Waals surface area contributed by atoms with E-state index in [0.717, 1.165) is 15.4 Å². The van der Waals surface area contributed by atoms with Crippen molar-refractivity contribution in [1.29, 1.82) is 0 Å². The maximum atomic E-state index is 14.6. The molecule has 2 amide bonds. The Morgan fingerprint density at radius 3 is 2.00 bits per heavy atom. The number of benzene rings is 4. The molecule has 2 unspecified atom stereocenters. The second kappa shape index (κ2) is 15.9. The van der Waals surface area contributed by atoms with Crippen molar-refractivity contribution in [1.82, 2.24) is 10.2 Å². The molecule has 4 aromatic rings. The van der Waals surface area contributed by atoms with Crippen LogP contribution in [0, 0.1) is 0 Å². The van der Waals surface area contributed by atoms with Crippen molar-refractivity contribution in [3.8, 4) is 0 Å². The number of rotatable bonds is 14. The van der Waals surface area contributed by atoms with Crippen molar-refractivity contribution in [3.63, 3.8) is 0 Å². The SMILES string of the molecule is CCC(C)NC(=O)C(Cc1ccccc1)N(Cc1cccc(Cl)c1)C(=O)CN(c1ccc(C(C)C)cc1)S(=O)(=O)c1ccccc1. The summed E-state index contributed by atoms with van der Waals surface area (Å²) in [6.07, 6.45) is 0.950. The molecule has 2 atom stereocenters. The van der Waals surface area contributed by atoms with Gasteiger partial charge >= 0.3 is 0 Å². The molecule has 1 N–H and O–H groups in total. The van der Waals surface area contributed by atoms with E-state index in [2.05, 4.69) is 19.2 Å². The van der Waals surface area contributed by atoms with Gasteiger partial charge in [0.1, 0.15) is 12.6 Å². The summed E-state index contributed by atoms with van der Waals surface area (Å²) >= 11 is 6.32. The van der Waals surface area contributed by atoms with Crippen LogP contribution in [0.5, 0.6) is 0 Å². The average molecular weight is 660 g/mol. The summed E-state index contributed by atoms with van der Waals surface area (Å²) in [5.41, 5.74) is 2.98. The third-order valence-electron chi connectivity index (χ3n) is 7.97. The van der Waals surface area contributed by atoms with Crippen LogP contribution in [0.3, 0.4) is 0 Å². The van der Waals surface area contributed by atoms with E-state index in [1.807, 2.05) is 62.4 Å². The maximum absolute atomic E-state index is 14.6. The molecule has 0 spiro atoms. The van der Waals surface area contributed by atoms with Gasteiger partial charge in [-0.25, -0.2) is 8.42 Å². The van der Waals surface area contributed by atoms with Crippen LogP contribution in [-0.2, 0) is 32.6 Å². The first-order valence-corrected chi connectivity index (χ1v) is 17.4. The summed E-state index contributed by atoms with van der Waals surface area (Å²) < 4.78 is 29.4. The minimum atomic E-state index is -4.16. The molecule has 0 saturated carbocycles. The molecule has 9 heteroatoms. The molecule has 0 bridgehead atoms. The highest BCUT2D eigenvalue weighted by molar-refractivity contribution is 7.92. The molecule has 0 radical (unpaired) electrons. The third kappa shape index (κ3) is 8.98. The van der Waals surface area contributed by atoms with Crippen molar-refractivity contribution < 1.29 is 18.0 Å². The van der Waals surface area contributed by atoms with Gasteiger partial charge in [0.15, 0.2) is 0 Å². The van der Waals surface area contributed by atoms with Crippen LogP contribution in [0.25, 0.3) is 0 Å². The Hall–Kier alpha value is -4.14. The minimum absolute atomic E-state index is 0.0519. The van der Waals surface area contributed by atoms with Gasteiger partial charge in [-0.05, 0) is 72.4 Å². The predicted octanol–water partition coefficient (Wildman–Crippen LogP) is 7.21. The topological polar surface area (TPSA) is 86.8 Å². The largest absolute Gasteiger partial charge is 0.352 e. The van der Waals surface area contributed by atoms with Crippen molar-refractivity contribution in [2.75, 3.05) is 10.8 Å². The third-order valence-corrected chi connectivity index (χ3v) is 10.00. The number of halogens is 1. The summed E-state index contributed by atoms with van der Waals surface area (Å²) in [5.74, 6) is -0.592. The first kappa shape index (κ1) is 34.7. The number of anilines is 1. The second-order valence-corrected chi connectivity index (χ2v) is 14.0. The van der Waals surface area contributed by atoms with Crippen LogP contribution in [0.4, 0.5) is 5.69 Å².